The Balaban J connectivity index is 1.68. The fraction of sp³-hybridized carbons (Fsp3) is 0.667. The lowest BCUT2D eigenvalue weighted by Gasteiger charge is -2.39. The van der Waals surface area contributed by atoms with Crippen molar-refractivity contribution in [1.82, 2.24) is 9.21 Å². The first-order chi connectivity index (χ1) is 14.1. The molecule has 1 saturated heterocycles. The van der Waals surface area contributed by atoms with Crippen LogP contribution in [0.25, 0.3) is 0 Å². The van der Waals surface area contributed by atoms with Crippen molar-refractivity contribution in [3.8, 4) is 0 Å². The minimum absolute atomic E-state index is 0.244. The molecule has 9 heteroatoms. The Labute approximate surface area is 183 Å². The molecule has 0 N–H and O–H groups in total. The Hall–Kier alpha value is -1.35. The molecule has 2 fully saturated rings. The SMILES string of the molecule is CC(C)(C)OC(=O)N1CCOC[C@H]1c1cc(Cl)cc2c1CN(S(=O)(=O)C1CC1)CC2. The van der Waals surface area contributed by atoms with E-state index in [4.69, 9.17) is 21.1 Å². The maximum Gasteiger partial charge on any atom is 0.410 e. The molecule has 1 aromatic rings. The third kappa shape index (κ3) is 4.47. The van der Waals surface area contributed by atoms with E-state index < -0.39 is 21.7 Å². The molecular formula is C21H29ClN2O5S. The molecule has 1 amide bonds. The fourth-order valence-electron chi connectivity index (χ4n) is 4.12. The molecule has 0 aromatic heterocycles. The van der Waals surface area contributed by atoms with Crippen LogP contribution in [0.2, 0.25) is 5.02 Å². The molecule has 4 rings (SSSR count). The molecule has 2 heterocycles. The zero-order valence-corrected chi connectivity index (χ0v) is 19.3. The van der Waals surface area contributed by atoms with Gasteiger partial charge in [-0.25, -0.2) is 13.2 Å². The number of amides is 1. The standard InChI is InChI=1S/C21H29ClN2O5S/c1-21(2,3)29-20(25)24-8-9-28-13-19(24)17-11-15(22)10-14-6-7-23(12-18(14)17)30(26,27)16-4-5-16/h10-11,16,19H,4-9,12-13H2,1-3H3/t19-/m0/s1. The van der Waals surface area contributed by atoms with Gasteiger partial charge in [-0.05, 0) is 68.9 Å². The molecule has 3 aliphatic rings. The maximum atomic E-state index is 12.9. The van der Waals surface area contributed by atoms with Crippen LogP contribution in [0.3, 0.4) is 0 Å². The van der Waals surface area contributed by atoms with Crippen molar-refractivity contribution in [3.05, 3.63) is 33.8 Å². The number of sulfonamides is 1. The highest BCUT2D eigenvalue weighted by atomic mass is 35.5. The number of carbonyl (C=O) groups excluding carboxylic acids is 1. The zero-order valence-electron chi connectivity index (χ0n) is 17.7. The van der Waals surface area contributed by atoms with Crippen LogP contribution in [0.15, 0.2) is 12.1 Å². The summed E-state index contributed by atoms with van der Waals surface area (Å²) in [6.07, 6.45) is 1.68. The van der Waals surface area contributed by atoms with E-state index in [1.807, 2.05) is 32.9 Å². The monoisotopic (exact) mass is 456 g/mol. The number of rotatable bonds is 3. The van der Waals surface area contributed by atoms with Gasteiger partial charge in [-0.1, -0.05) is 11.6 Å². The summed E-state index contributed by atoms with van der Waals surface area (Å²) in [5, 5.41) is 0.336. The highest BCUT2D eigenvalue weighted by molar-refractivity contribution is 7.90. The van der Waals surface area contributed by atoms with Crippen LogP contribution in [0.4, 0.5) is 4.79 Å². The van der Waals surface area contributed by atoms with Crippen molar-refractivity contribution in [3.63, 3.8) is 0 Å². The third-order valence-electron chi connectivity index (χ3n) is 5.73. The molecule has 1 saturated carbocycles. The maximum absolute atomic E-state index is 12.9. The minimum atomic E-state index is -3.28. The lowest BCUT2D eigenvalue weighted by atomic mass is 9.91. The quantitative estimate of drug-likeness (QED) is 0.695. The zero-order chi connectivity index (χ0) is 21.7. The van der Waals surface area contributed by atoms with E-state index in [0.29, 0.717) is 44.3 Å². The van der Waals surface area contributed by atoms with Crippen molar-refractivity contribution in [1.29, 1.82) is 0 Å². The summed E-state index contributed by atoms with van der Waals surface area (Å²) in [6.45, 7) is 7.43. The fourth-order valence-corrected chi connectivity index (χ4v) is 6.18. The Kier molecular flexibility index (Phi) is 5.81. The van der Waals surface area contributed by atoms with Gasteiger partial charge in [0.15, 0.2) is 0 Å². The van der Waals surface area contributed by atoms with E-state index >= 15 is 0 Å². The normalized spacial score (nSPS) is 23.2. The van der Waals surface area contributed by atoms with Crippen LogP contribution < -0.4 is 0 Å². The van der Waals surface area contributed by atoms with E-state index in [9.17, 15) is 13.2 Å². The van der Waals surface area contributed by atoms with Crippen LogP contribution in [-0.2, 0) is 32.5 Å². The Morgan fingerprint density at radius 1 is 1.23 bits per heavy atom. The second-order valence-corrected chi connectivity index (χ2v) is 11.9. The van der Waals surface area contributed by atoms with Crippen molar-refractivity contribution in [2.75, 3.05) is 26.3 Å². The van der Waals surface area contributed by atoms with E-state index in [-0.39, 0.29) is 11.3 Å². The first-order valence-electron chi connectivity index (χ1n) is 10.4. The van der Waals surface area contributed by atoms with Crippen molar-refractivity contribution >= 4 is 27.7 Å². The van der Waals surface area contributed by atoms with Crippen LogP contribution in [-0.4, -0.2) is 60.9 Å². The predicted molar refractivity (Wildman–Crippen MR) is 114 cm³/mol. The molecule has 166 valence electrons. The molecule has 7 nitrogen and oxygen atoms in total. The molecule has 1 atom stereocenters. The number of hydrogen-bond acceptors (Lipinski definition) is 5. The predicted octanol–water partition coefficient (Wildman–Crippen LogP) is 3.50. The summed E-state index contributed by atoms with van der Waals surface area (Å²) in [7, 11) is -3.28. The van der Waals surface area contributed by atoms with E-state index in [0.717, 1.165) is 29.5 Å². The number of ether oxygens (including phenoxy) is 2. The lowest BCUT2D eigenvalue weighted by molar-refractivity contribution is -0.0334. The Morgan fingerprint density at radius 3 is 2.63 bits per heavy atom. The molecule has 2 aliphatic heterocycles. The summed E-state index contributed by atoms with van der Waals surface area (Å²) >= 11 is 6.41. The molecule has 1 aliphatic carbocycles. The number of carbonyl (C=O) groups is 1. The minimum Gasteiger partial charge on any atom is -0.444 e. The van der Waals surface area contributed by atoms with Crippen LogP contribution in [0, 0.1) is 0 Å². The van der Waals surface area contributed by atoms with Gasteiger partial charge >= 0.3 is 6.09 Å². The summed E-state index contributed by atoms with van der Waals surface area (Å²) in [5.74, 6) is 0. The summed E-state index contributed by atoms with van der Waals surface area (Å²) < 4.78 is 38.6. The average Bonchev–Trinajstić information content (AvgIpc) is 3.51. The molecule has 0 unspecified atom stereocenters. The van der Waals surface area contributed by atoms with E-state index in [1.165, 1.54) is 0 Å². The van der Waals surface area contributed by atoms with Crippen molar-refractivity contribution < 1.29 is 22.7 Å². The van der Waals surface area contributed by atoms with E-state index in [2.05, 4.69) is 0 Å². The largest absolute Gasteiger partial charge is 0.444 e. The summed E-state index contributed by atoms with van der Waals surface area (Å²) in [4.78, 5) is 14.6. The topological polar surface area (TPSA) is 76.2 Å². The van der Waals surface area contributed by atoms with Gasteiger partial charge in [-0.15, -0.1) is 0 Å². The molecular weight excluding hydrogens is 428 g/mol. The van der Waals surface area contributed by atoms with E-state index in [1.54, 1.807) is 9.21 Å². The first-order valence-corrected chi connectivity index (χ1v) is 12.3. The third-order valence-corrected chi connectivity index (χ3v) is 8.29. The van der Waals surface area contributed by atoms with Crippen LogP contribution >= 0.6 is 11.6 Å². The number of nitrogens with zero attached hydrogens (tertiary/aromatic N) is 2. The number of hydrogen-bond donors (Lipinski definition) is 0. The first kappa shape index (κ1) is 21.9. The van der Waals surface area contributed by atoms with Crippen LogP contribution in [0.1, 0.15) is 56.3 Å². The lowest BCUT2D eigenvalue weighted by Crippen LogP contribution is -2.46. The number of benzene rings is 1. The number of morpholine rings is 1. The number of fused-ring (bicyclic) bond motifs is 1. The second-order valence-electron chi connectivity index (χ2n) is 9.22. The Bertz CT molecular complexity index is 939. The highest BCUT2D eigenvalue weighted by Gasteiger charge is 2.42. The second kappa shape index (κ2) is 7.97. The molecule has 0 spiro atoms. The van der Waals surface area contributed by atoms with Gasteiger partial charge in [0.1, 0.15) is 5.60 Å². The van der Waals surface area contributed by atoms with Gasteiger partial charge in [-0.2, -0.15) is 4.31 Å². The van der Waals surface area contributed by atoms with Gasteiger partial charge in [0.2, 0.25) is 10.0 Å². The highest BCUT2D eigenvalue weighted by Crippen LogP contribution is 2.38. The van der Waals surface area contributed by atoms with Gasteiger partial charge < -0.3 is 9.47 Å². The van der Waals surface area contributed by atoms with Gasteiger partial charge in [0.05, 0.1) is 24.5 Å². The van der Waals surface area contributed by atoms with Gasteiger partial charge in [-0.3, -0.25) is 4.90 Å². The molecule has 30 heavy (non-hydrogen) atoms. The van der Waals surface area contributed by atoms with Gasteiger partial charge in [0, 0.05) is 24.7 Å². The molecule has 0 bridgehead atoms. The number of halogens is 1. The van der Waals surface area contributed by atoms with Gasteiger partial charge in [0.25, 0.3) is 0 Å². The van der Waals surface area contributed by atoms with Crippen molar-refractivity contribution in [2.24, 2.45) is 0 Å². The molecule has 1 aromatic carbocycles. The smallest absolute Gasteiger partial charge is 0.410 e. The molecule has 0 radical (unpaired) electrons. The van der Waals surface area contributed by atoms with Crippen LogP contribution in [0.5, 0.6) is 0 Å². The average molecular weight is 457 g/mol. The van der Waals surface area contributed by atoms with Crippen molar-refractivity contribution in [2.45, 2.75) is 63.5 Å². The summed E-state index contributed by atoms with van der Waals surface area (Å²) in [5.41, 5.74) is 2.20. The Morgan fingerprint density at radius 2 is 1.97 bits per heavy atom. The summed E-state index contributed by atoms with van der Waals surface area (Å²) in [6, 6.07) is 3.37.